The van der Waals surface area contributed by atoms with E-state index in [0.29, 0.717) is 6.04 Å². The van der Waals surface area contributed by atoms with Gasteiger partial charge in [0.25, 0.3) is 0 Å². The first-order valence-corrected chi connectivity index (χ1v) is 5.10. The molecule has 0 amide bonds. The van der Waals surface area contributed by atoms with Gasteiger partial charge in [0.2, 0.25) is 0 Å². The summed E-state index contributed by atoms with van der Waals surface area (Å²) < 4.78 is 1.19. The van der Waals surface area contributed by atoms with E-state index in [1.807, 2.05) is 0 Å². The molecule has 1 aromatic rings. The van der Waals surface area contributed by atoms with Crippen molar-refractivity contribution in [1.29, 1.82) is 0 Å². The number of benzene rings is 1. The van der Waals surface area contributed by atoms with Gasteiger partial charge in [0.15, 0.2) is 0 Å². The summed E-state index contributed by atoms with van der Waals surface area (Å²) in [7, 11) is 0. The second-order valence-corrected chi connectivity index (χ2v) is 4.21. The summed E-state index contributed by atoms with van der Waals surface area (Å²) in [6.45, 7) is 2.22. The molecular weight excluding hydrogens is 214 g/mol. The molecule has 0 radical (unpaired) electrons. The van der Waals surface area contributed by atoms with Gasteiger partial charge < -0.3 is 5.32 Å². The minimum Gasteiger partial charge on any atom is -0.381 e. The molecule has 64 valence electrons. The highest BCUT2D eigenvalue weighted by atomic mass is 79.9. The van der Waals surface area contributed by atoms with Gasteiger partial charge in [-0.3, -0.25) is 0 Å². The van der Waals surface area contributed by atoms with E-state index < -0.39 is 0 Å². The molecule has 2 heteroatoms. The fourth-order valence-electron chi connectivity index (χ4n) is 1.63. The van der Waals surface area contributed by atoms with E-state index in [0.717, 1.165) is 0 Å². The number of nitrogens with one attached hydrogen (secondary N) is 1. The van der Waals surface area contributed by atoms with Crippen LogP contribution in [0.1, 0.15) is 18.9 Å². The van der Waals surface area contributed by atoms with Crippen LogP contribution in [0, 0.1) is 0 Å². The zero-order chi connectivity index (χ0) is 8.55. The van der Waals surface area contributed by atoms with Gasteiger partial charge in [0.1, 0.15) is 0 Å². The largest absolute Gasteiger partial charge is 0.381 e. The third kappa shape index (κ3) is 1.36. The Balaban J connectivity index is 2.43. The van der Waals surface area contributed by atoms with E-state index >= 15 is 0 Å². The molecule has 1 atom stereocenters. The Bertz CT molecular complexity index is 296. The van der Waals surface area contributed by atoms with Gasteiger partial charge in [-0.25, -0.2) is 0 Å². The van der Waals surface area contributed by atoms with E-state index in [9.17, 15) is 0 Å². The van der Waals surface area contributed by atoms with Crippen LogP contribution >= 0.6 is 15.9 Å². The zero-order valence-electron chi connectivity index (χ0n) is 7.10. The topological polar surface area (TPSA) is 12.0 Å². The molecule has 0 saturated carbocycles. The lowest BCUT2D eigenvalue weighted by molar-refractivity contribution is 0.680. The maximum absolute atomic E-state index is 3.55. The molecule has 1 aliphatic heterocycles. The quantitative estimate of drug-likeness (QED) is 0.716. The Labute approximate surface area is 81.3 Å². The molecule has 0 bridgehead atoms. The normalized spacial score (nSPS) is 21.3. The van der Waals surface area contributed by atoms with E-state index in [2.05, 4.69) is 46.4 Å². The van der Waals surface area contributed by atoms with Crippen LogP contribution in [0.15, 0.2) is 22.7 Å². The minimum absolute atomic E-state index is 0.608. The summed E-state index contributed by atoms with van der Waals surface area (Å²) in [4.78, 5) is 0. The first kappa shape index (κ1) is 8.11. The van der Waals surface area contributed by atoms with Crippen molar-refractivity contribution in [1.82, 2.24) is 0 Å². The number of hydrogen-bond donors (Lipinski definition) is 1. The maximum Gasteiger partial charge on any atom is 0.0519 e. The van der Waals surface area contributed by atoms with Gasteiger partial charge in [-0.05, 0) is 47.3 Å². The predicted molar refractivity (Wildman–Crippen MR) is 55.5 cm³/mol. The number of rotatable bonds is 0. The molecule has 1 nitrogen and oxygen atoms in total. The van der Waals surface area contributed by atoms with E-state index in [-0.39, 0.29) is 0 Å². The molecule has 0 aliphatic carbocycles. The average Bonchev–Trinajstić information content (AvgIpc) is 2.07. The van der Waals surface area contributed by atoms with Crippen molar-refractivity contribution in [3.05, 3.63) is 28.2 Å². The van der Waals surface area contributed by atoms with Crippen LogP contribution in [0.25, 0.3) is 0 Å². The highest BCUT2D eigenvalue weighted by Gasteiger charge is 2.15. The van der Waals surface area contributed by atoms with Crippen molar-refractivity contribution >= 4 is 21.6 Å². The van der Waals surface area contributed by atoms with Crippen molar-refractivity contribution in [3.8, 4) is 0 Å². The molecule has 1 unspecified atom stereocenters. The first-order chi connectivity index (χ1) is 5.77. The number of hydrogen-bond acceptors (Lipinski definition) is 1. The summed E-state index contributed by atoms with van der Waals surface area (Å²) in [6, 6.07) is 6.99. The minimum atomic E-state index is 0.608. The number of para-hydroxylation sites is 1. The smallest absolute Gasteiger partial charge is 0.0519 e. The van der Waals surface area contributed by atoms with Crippen LogP contribution in [-0.4, -0.2) is 6.04 Å². The highest BCUT2D eigenvalue weighted by Crippen LogP contribution is 2.31. The number of aryl methyl sites for hydroxylation is 1. The van der Waals surface area contributed by atoms with Crippen LogP contribution in [-0.2, 0) is 6.42 Å². The molecule has 0 fully saturated rings. The summed E-state index contributed by atoms with van der Waals surface area (Å²) >= 11 is 3.55. The van der Waals surface area contributed by atoms with Crippen LogP contribution in [0.5, 0.6) is 0 Å². The zero-order valence-corrected chi connectivity index (χ0v) is 8.69. The average molecular weight is 226 g/mol. The van der Waals surface area contributed by atoms with E-state index in [4.69, 9.17) is 0 Å². The SMILES string of the molecule is CC1CCc2cccc(Br)c2N1. The van der Waals surface area contributed by atoms with Crippen molar-refractivity contribution in [3.63, 3.8) is 0 Å². The maximum atomic E-state index is 3.55. The van der Waals surface area contributed by atoms with Gasteiger partial charge in [0, 0.05) is 10.5 Å². The molecule has 1 heterocycles. The van der Waals surface area contributed by atoms with Crippen molar-refractivity contribution in [2.75, 3.05) is 5.32 Å². The number of anilines is 1. The molecule has 0 spiro atoms. The van der Waals surface area contributed by atoms with Crippen LogP contribution in [0.4, 0.5) is 5.69 Å². The lowest BCUT2D eigenvalue weighted by Gasteiger charge is -2.24. The van der Waals surface area contributed by atoms with Gasteiger partial charge >= 0.3 is 0 Å². The lowest BCUT2D eigenvalue weighted by atomic mass is 9.99. The monoisotopic (exact) mass is 225 g/mol. The van der Waals surface area contributed by atoms with Gasteiger partial charge in [-0.2, -0.15) is 0 Å². The first-order valence-electron chi connectivity index (χ1n) is 4.31. The van der Waals surface area contributed by atoms with E-state index in [1.165, 1.54) is 28.6 Å². The second kappa shape index (κ2) is 3.09. The van der Waals surface area contributed by atoms with Crippen molar-refractivity contribution in [2.45, 2.75) is 25.8 Å². The molecule has 12 heavy (non-hydrogen) atoms. The Morgan fingerprint density at radius 2 is 2.33 bits per heavy atom. The summed E-state index contributed by atoms with van der Waals surface area (Å²) in [5.41, 5.74) is 2.72. The molecule has 2 rings (SSSR count). The Morgan fingerprint density at radius 3 is 3.17 bits per heavy atom. The summed E-state index contributed by atoms with van der Waals surface area (Å²) in [6.07, 6.45) is 2.44. The van der Waals surface area contributed by atoms with Crippen molar-refractivity contribution in [2.24, 2.45) is 0 Å². The Hall–Kier alpha value is -0.500. The van der Waals surface area contributed by atoms with Gasteiger partial charge in [-0.15, -0.1) is 0 Å². The third-order valence-electron chi connectivity index (χ3n) is 2.34. The molecule has 1 N–H and O–H groups in total. The Morgan fingerprint density at radius 1 is 1.50 bits per heavy atom. The fraction of sp³-hybridized carbons (Fsp3) is 0.400. The molecule has 1 aromatic carbocycles. The molecule has 0 aromatic heterocycles. The van der Waals surface area contributed by atoms with Gasteiger partial charge in [-0.1, -0.05) is 12.1 Å². The summed E-state index contributed by atoms with van der Waals surface area (Å²) in [5, 5.41) is 3.48. The molecular formula is C10H12BrN. The molecule has 0 saturated heterocycles. The van der Waals surface area contributed by atoms with Gasteiger partial charge in [0.05, 0.1) is 5.69 Å². The number of halogens is 1. The lowest BCUT2D eigenvalue weighted by Crippen LogP contribution is -2.22. The highest BCUT2D eigenvalue weighted by molar-refractivity contribution is 9.10. The van der Waals surface area contributed by atoms with E-state index in [1.54, 1.807) is 0 Å². The number of fused-ring (bicyclic) bond motifs is 1. The third-order valence-corrected chi connectivity index (χ3v) is 3.00. The summed E-state index contributed by atoms with van der Waals surface area (Å²) in [5.74, 6) is 0. The van der Waals surface area contributed by atoms with Crippen LogP contribution < -0.4 is 5.32 Å². The fourth-order valence-corrected chi connectivity index (χ4v) is 2.15. The van der Waals surface area contributed by atoms with Crippen LogP contribution in [0.2, 0.25) is 0 Å². The molecule has 1 aliphatic rings. The van der Waals surface area contributed by atoms with Crippen LogP contribution in [0.3, 0.4) is 0 Å². The standard InChI is InChI=1S/C10H12BrN/c1-7-5-6-8-3-2-4-9(11)10(8)12-7/h2-4,7,12H,5-6H2,1H3. The van der Waals surface area contributed by atoms with Crippen molar-refractivity contribution < 1.29 is 0 Å². The second-order valence-electron chi connectivity index (χ2n) is 3.36. The predicted octanol–water partition coefficient (Wildman–Crippen LogP) is 3.20. The Kier molecular flexibility index (Phi) is 2.09.